The van der Waals surface area contributed by atoms with Crippen molar-refractivity contribution in [3.63, 3.8) is 0 Å². The zero-order valence-corrected chi connectivity index (χ0v) is 9.79. The molecule has 3 amide bonds. The van der Waals surface area contributed by atoms with Crippen LogP contribution in [0, 0.1) is 0 Å². The molecule has 0 saturated carbocycles. The van der Waals surface area contributed by atoms with E-state index in [9.17, 15) is 9.59 Å². The molecule has 0 aliphatic rings. The van der Waals surface area contributed by atoms with Crippen LogP contribution in [0.25, 0.3) is 0 Å². The second-order valence-corrected chi connectivity index (χ2v) is 3.42. The van der Waals surface area contributed by atoms with Gasteiger partial charge < -0.3 is 20.4 Å². The van der Waals surface area contributed by atoms with Crippen LogP contribution in [0.15, 0.2) is 22.8 Å². The third kappa shape index (κ3) is 5.05. The van der Waals surface area contributed by atoms with Crippen LogP contribution in [0.2, 0.25) is 0 Å². The van der Waals surface area contributed by atoms with Crippen LogP contribution in [0.5, 0.6) is 0 Å². The van der Waals surface area contributed by atoms with Gasteiger partial charge in [-0.1, -0.05) is 6.92 Å². The van der Waals surface area contributed by atoms with Crippen LogP contribution >= 0.6 is 0 Å². The summed E-state index contributed by atoms with van der Waals surface area (Å²) in [6.45, 7) is 3.36. The van der Waals surface area contributed by atoms with Gasteiger partial charge in [-0.25, -0.2) is 4.79 Å². The summed E-state index contributed by atoms with van der Waals surface area (Å²) >= 11 is 0. The van der Waals surface area contributed by atoms with Gasteiger partial charge >= 0.3 is 6.03 Å². The Kier molecular flexibility index (Phi) is 5.63. The largest absolute Gasteiger partial charge is 0.459 e. The van der Waals surface area contributed by atoms with E-state index < -0.39 is 0 Å². The molecule has 17 heavy (non-hydrogen) atoms. The zero-order chi connectivity index (χ0) is 12.5. The molecule has 0 aliphatic carbocycles. The third-order valence-electron chi connectivity index (χ3n) is 1.98. The molecule has 0 spiro atoms. The van der Waals surface area contributed by atoms with Gasteiger partial charge in [-0.2, -0.15) is 0 Å². The molecule has 0 aliphatic heterocycles. The number of carbonyl (C=O) groups excluding carboxylic acids is 2. The molecular formula is C11H17N3O3. The van der Waals surface area contributed by atoms with Gasteiger partial charge in [0.05, 0.1) is 6.26 Å². The SMILES string of the molecule is CCCNC(=O)NCCNC(=O)c1ccco1. The molecular weight excluding hydrogens is 222 g/mol. The first-order valence-corrected chi connectivity index (χ1v) is 5.57. The standard InChI is InChI=1S/C11H17N3O3/c1-2-5-13-11(16)14-7-6-12-10(15)9-4-3-8-17-9/h3-4,8H,2,5-7H2,1H3,(H,12,15)(H2,13,14,16). The third-order valence-corrected chi connectivity index (χ3v) is 1.98. The van der Waals surface area contributed by atoms with Gasteiger partial charge in [0.15, 0.2) is 5.76 Å². The van der Waals surface area contributed by atoms with Crippen LogP contribution in [-0.4, -0.2) is 31.6 Å². The maximum absolute atomic E-state index is 11.4. The van der Waals surface area contributed by atoms with E-state index in [-0.39, 0.29) is 17.7 Å². The molecule has 94 valence electrons. The van der Waals surface area contributed by atoms with E-state index in [1.165, 1.54) is 6.26 Å². The maximum atomic E-state index is 11.4. The fourth-order valence-electron chi connectivity index (χ4n) is 1.15. The number of hydrogen-bond donors (Lipinski definition) is 3. The molecule has 3 N–H and O–H groups in total. The van der Waals surface area contributed by atoms with Crippen molar-refractivity contribution < 1.29 is 14.0 Å². The lowest BCUT2D eigenvalue weighted by Crippen LogP contribution is -2.40. The van der Waals surface area contributed by atoms with Gasteiger partial charge in [0.25, 0.3) is 5.91 Å². The molecule has 6 nitrogen and oxygen atoms in total. The van der Waals surface area contributed by atoms with Crippen molar-refractivity contribution in [1.82, 2.24) is 16.0 Å². The average Bonchev–Trinajstić information content (AvgIpc) is 2.85. The average molecular weight is 239 g/mol. The molecule has 1 rings (SSSR count). The monoisotopic (exact) mass is 239 g/mol. The van der Waals surface area contributed by atoms with Crippen molar-refractivity contribution in [2.45, 2.75) is 13.3 Å². The molecule has 0 fully saturated rings. The van der Waals surface area contributed by atoms with Crippen LogP contribution in [0.4, 0.5) is 4.79 Å². The molecule has 6 heteroatoms. The molecule has 0 atom stereocenters. The Balaban J connectivity index is 2.08. The fraction of sp³-hybridized carbons (Fsp3) is 0.455. The lowest BCUT2D eigenvalue weighted by Gasteiger charge is -2.06. The number of hydrogen-bond acceptors (Lipinski definition) is 3. The highest BCUT2D eigenvalue weighted by molar-refractivity contribution is 5.91. The minimum absolute atomic E-state index is 0.223. The Hall–Kier alpha value is -1.98. The van der Waals surface area contributed by atoms with Gasteiger partial charge in [0.1, 0.15) is 0 Å². The second kappa shape index (κ2) is 7.32. The fourth-order valence-corrected chi connectivity index (χ4v) is 1.15. The van der Waals surface area contributed by atoms with Crippen LogP contribution in [0.3, 0.4) is 0 Å². The van der Waals surface area contributed by atoms with Crippen molar-refractivity contribution in [2.24, 2.45) is 0 Å². The van der Waals surface area contributed by atoms with Gasteiger partial charge in [-0.3, -0.25) is 4.79 Å². The molecule has 0 bridgehead atoms. The number of nitrogens with one attached hydrogen (secondary N) is 3. The zero-order valence-electron chi connectivity index (χ0n) is 9.79. The summed E-state index contributed by atoms with van der Waals surface area (Å²) in [7, 11) is 0. The summed E-state index contributed by atoms with van der Waals surface area (Å²) in [5.41, 5.74) is 0. The molecule has 0 saturated heterocycles. The lowest BCUT2D eigenvalue weighted by atomic mass is 10.4. The number of urea groups is 1. The van der Waals surface area contributed by atoms with Crippen molar-refractivity contribution in [3.05, 3.63) is 24.2 Å². The summed E-state index contributed by atoms with van der Waals surface area (Å²) in [5, 5.41) is 7.91. The van der Waals surface area contributed by atoms with Crippen LogP contribution < -0.4 is 16.0 Å². The quantitative estimate of drug-likeness (QED) is 0.639. The normalized spacial score (nSPS) is 9.71. The highest BCUT2D eigenvalue weighted by atomic mass is 16.3. The first-order valence-electron chi connectivity index (χ1n) is 5.57. The Morgan fingerprint density at radius 2 is 1.88 bits per heavy atom. The van der Waals surface area contributed by atoms with Crippen molar-refractivity contribution in [3.8, 4) is 0 Å². The second-order valence-electron chi connectivity index (χ2n) is 3.42. The van der Waals surface area contributed by atoms with E-state index in [2.05, 4.69) is 16.0 Å². The number of carbonyl (C=O) groups is 2. The molecule has 0 radical (unpaired) electrons. The predicted octanol–water partition coefficient (Wildman–Crippen LogP) is 0.719. The van der Waals surface area contributed by atoms with Crippen molar-refractivity contribution in [1.29, 1.82) is 0 Å². The maximum Gasteiger partial charge on any atom is 0.314 e. The molecule has 0 unspecified atom stereocenters. The Labute approximate surface area is 99.8 Å². The van der Waals surface area contributed by atoms with E-state index in [0.717, 1.165) is 6.42 Å². The van der Waals surface area contributed by atoms with Crippen molar-refractivity contribution in [2.75, 3.05) is 19.6 Å². The van der Waals surface area contributed by atoms with E-state index in [4.69, 9.17) is 4.42 Å². The number of furan rings is 1. The molecule has 1 heterocycles. The summed E-state index contributed by atoms with van der Waals surface area (Å²) in [5.74, 6) is -0.0220. The Bertz CT molecular complexity index is 349. The summed E-state index contributed by atoms with van der Waals surface area (Å²) in [6, 6.07) is 3.00. The first-order chi connectivity index (χ1) is 8.24. The minimum atomic E-state index is -0.286. The smallest absolute Gasteiger partial charge is 0.314 e. The van der Waals surface area contributed by atoms with Gasteiger partial charge in [0, 0.05) is 19.6 Å². The van der Waals surface area contributed by atoms with Crippen molar-refractivity contribution >= 4 is 11.9 Å². The van der Waals surface area contributed by atoms with Crippen LogP contribution in [-0.2, 0) is 0 Å². The molecule has 1 aromatic heterocycles. The topological polar surface area (TPSA) is 83.4 Å². The van der Waals surface area contributed by atoms with E-state index in [1.807, 2.05) is 6.92 Å². The number of rotatable bonds is 6. The molecule has 0 aromatic carbocycles. The Morgan fingerprint density at radius 1 is 1.18 bits per heavy atom. The number of amides is 3. The van der Waals surface area contributed by atoms with Gasteiger partial charge in [-0.15, -0.1) is 0 Å². The highest BCUT2D eigenvalue weighted by Crippen LogP contribution is 1.98. The molecule has 1 aromatic rings. The highest BCUT2D eigenvalue weighted by Gasteiger charge is 2.06. The van der Waals surface area contributed by atoms with E-state index in [1.54, 1.807) is 12.1 Å². The van der Waals surface area contributed by atoms with Gasteiger partial charge in [-0.05, 0) is 18.6 Å². The van der Waals surface area contributed by atoms with Crippen LogP contribution in [0.1, 0.15) is 23.9 Å². The lowest BCUT2D eigenvalue weighted by molar-refractivity contribution is 0.0926. The Morgan fingerprint density at radius 3 is 2.53 bits per heavy atom. The van der Waals surface area contributed by atoms with Gasteiger partial charge in [0.2, 0.25) is 0 Å². The minimum Gasteiger partial charge on any atom is -0.459 e. The summed E-state index contributed by atoms with van der Waals surface area (Å²) in [4.78, 5) is 22.5. The van der Waals surface area contributed by atoms with E-state index in [0.29, 0.717) is 19.6 Å². The summed E-state index contributed by atoms with van der Waals surface area (Å²) in [6.07, 6.45) is 2.33. The predicted molar refractivity (Wildman–Crippen MR) is 62.7 cm³/mol. The summed E-state index contributed by atoms with van der Waals surface area (Å²) < 4.78 is 4.91. The van der Waals surface area contributed by atoms with E-state index >= 15 is 0 Å². The first kappa shape index (κ1) is 13.1.